The third-order valence-electron chi connectivity index (χ3n) is 2.59. The Hall–Kier alpha value is -2.18. The van der Waals surface area contributed by atoms with E-state index < -0.39 is 29.1 Å². The van der Waals surface area contributed by atoms with Gasteiger partial charge in [-0.1, -0.05) is 29.3 Å². The Morgan fingerprint density at radius 2 is 1.59 bits per heavy atom. The molecular formula is C14H8Cl2F2N2O2. The Morgan fingerprint density at radius 3 is 2.18 bits per heavy atom. The molecule has 0 aromatic heterocycles. The van der Waals surface area contributed by atoms with Gasteiger partial charge in [0.15, 0.2) is 0 Å². The van der Waals surface area contributed by atoms with Gasteiger partial charge in [-0.05, 0) is 30.3 Å². The topological polar surface area (TPSA) is 58.2 Å². The SMILES string of the molecule is O=C(NC(=O)c1c(F)cccc1F)Nc1ccc(Cl)c(Cl)c1. The van der Waals surface area contributed by atoms with Gasteiger partial charge in [0.2, 0.25) is 0 Å². The summed E-state index contributed by atoms with van der Waals surface area (Å²) in [6.07, 6.45) is 0. The van der Waals surface area contributed by atoms with E-state index in [1.165, 1.54) is 18.2 Å². The molecule has 0 fully saturated rings. The summed E-state index contributed by atoms with van der Waals surface area (Å²) in [5.74, 6) is -3.34. The summed E-state index contributed by atoms with van der Waals surface area (Å²) in [4.78, 5) is 23.4. The number of imide groups is 1. The van der Waals surface area contributed by atoms with Crippen molar-refractivity contribution in [1.82, 2.24) is 5.32 Å². The van der Waals surface area contributed by atoms with E-state index in [4.69, 9.17) is 23.2 Å². The Morgan fingerprint density at radius 1 is 0.955 bits per heavy atom. The Kier molecular flexibility index (Phi) is 4.95. The number of urea groups is 1. The molecule has 0 spiro atoms. The highest BCUT2D eigenvalue weighted by Crippen LogP contribution is 2.24. The third-order valence-corrected chi connectivity index (χ3v) is 3.33. The number of anilines is 1. The number of hydrogen-bond acceptors (Lipinski definition) is 2. The van der Waals surface area contributed by atoms with Crippen molar-refractivity contribution in [2.24, 2.45) is 0 Å². The lowest BCUT2D eigenvalue weighted by Gasteiger charge is -2.08. The molecule has 0 aliphatic rings. The van der Waals surface area contributed by atoms with Crippen LogP contribution in [-0.2, 0) is 0 Å². The van der Waals surface area contributed by atoms with Crippen LogP contribution in [0.1, 0.15) is 10.4 Å². The van der Waals surface area contributed by atoms with Crippen LogP contribution in [0.3, 0.4) is 0 Å². The lowest BCUT2D eigenvalue weighted by atomic mass is 10.2. The number of carbonyl (C=O) groups excluding carboxylic acids is 2. The molecule has 2 N–H and O–H groups in total. The molecule has 0 bridgehead atoms. The second-order valence-corrected chi connectivity index (χ2v) is 4.95. The minimum atomic E-state index is -1.20. The minimum Gasteiger partial charge on any atom is -0.308 e. The van der Waals surface area contributed by atoms with Gasteiger partial charge in [0.05, 0.1) is 10.0 Å². The van der Waals surface area contributed by atoms with Gasteiger partial charge in [0, 0.05) is 5.69 Å². The average molecular weight is 345 g/mol. The van der Waals surface area contributed by atoms with Crippen LogP contribution in [0.2, 0.25) is 10.0 Å². The predicted octanol–water partition coefficient (Wildman–Crippen LogP) is 4.23. The van der Waals surface area contributed by atoms with Crippen molar-refractivity contribution in [3.63, 3.8) is 0 Å². The maximum Gasteiger partial charge on any atom is 0.326 e. The standard InChI is InChI=1S/C14H8Cl2F2N2O2/c15-8-5-4-7(6-9(8)16)19-14(22)20-13(21)12-10(17)2-1-3-11(12)18/h1-6H,(H2,19,20,21,22). The number of amides is 3. The predicted molar refractivity (Wildman–Crippen MR) is 79.3 cm³/mol. The van der Waals surface area contributed by atoms with Crippen molar-refractivity contribution in [3.8, 4) is 0 Å². The minimum absolute atomic E-state index is 0.200. The summed E-state index contributed by atoms with van der Waals surface area (Å²) in [5.41, 5.74) is -0.583. The lowest BCUT2D eigenvalue weighted by molar-refractivity contribution is 0.0959. The molecule has 0 aliphatic heterocycles. The Bertz CT molecular complexity index is 733. The van der Waals surface area contributed by atoms with Crippen molar-refractivity contribution in [1.29, 1.82) is 0 Å². The quantitative estimate of drug-likeness (QED) is 0.856. The lowest BCUT2D eigenvalue weighted by Crippen LogP contribution is -2.35. The van der Waals surface area contributed by atoms with Crippen LogP contribution in [0.5, 0.6) is 0 Å². The van der Waals surface area contributed by atoms with Crippen LogP contribution in [0.4, 0.5) is 19.3 Å². The Labute approximate surface area is 134 Å². The van der Waals surface area contributed by atoms with E-state index in [0.29, 0.717) is 0 Å². The highest BCUT2D eigenvalue weighted by Gasteiger charge is 2.19. The van der Waals surface area contributed by atoms with E-state index in [2.05, 4.69) is 5.32 Å². The normalized spacial score (nSPS) is 10.2. The van der Waals surface area contributed by atoms with Crippen LogP contribution in [0, 0.1) is 11.6 Å². The fraction of sp³-hybridized carbons (Fsp3) is 0. The summed E-state index contributed by atoms with van der Waals surface area (Å²) in [6.45, 7) is 0. The van der Waals surface area contributed by atoms with Gasteiger partial charge < -0.3 is 5.32 Å². The van der Waals surface area contributed by atoms with Crippen molar-refractivity contribution < 1.29 is 18.4 Å². The second-order valence-electron chi connectivity index (χ2n) is 4.13. The summed E-state index contributed by atoms with van der Waals surface area (Å²) in [6, 6.07) is 6.21. The number of nitrogens with one attached hydrogen (secondary N) is 2. The van der Waals surface area contributed by atoms with Gasteiger partial charge in [-0.15, -0.1) is 0 Å². The maximum atomic E-state index is 13.4. The monoisotopic (exact) mass is 344 g/mol. The van der Waals surface area contributed by atoms with Crippen molar-refractivity contribution in [3.05, 3.63) is 63.6 Å². The molecule has 0 unspecified atom stereocenters. The molecule has 3 amide bonds. The van der Waals surface area contributed by atoms with E-state index in [-0.39, 0.29) is 15.7 Å². The molecule has 2 aromatic rings. The maximum absolute atomic E-state index is 13.4. The molecular weight excluding hydrogens is 337 g/mol. The van der Waals surface area contributed by atoms with Gasteiger partial charge in [-0.2, -0.15) is 0 Å². The first-order valence-corrected chi connectivity index (χ1v) is 6.65. The van der Waals surface area contributed by atoms with Crippen LogP contribution in [0.15, 0.2) is 36.4 Å². The zero-order chi connectivity index (χ0) is 16.3. The molecule has 0 radical (unpaired) electrons. The number of rotatable bonds is 2. The van der Waals surface area contributed by atoms with Gasteiger partial charge in [0.1, 0.15) is 17.2 Å². The van der Waals surface area contributed by atoms with Crippen LogP contribution in [0.25, 0.3) is 0 Å². The van der Waals surface area contributed by atoms with E-state index in [1.54, 1.807) is 0 Å². The highest BCUT2D eigenvalue weighted by atomic mass is 35.5. The second kappa shape index (κ2) is 6.72. The first-order valence-electron chi connectivity index (χ1n) is 5.90. The van der Waals surface area contributed by atoms with Gasteiger partial charge in [-0.3, -0.25) is 10.1 Å². The van der Waals surface area contributed by atoms with Crippen LogP contribution in [-0.4, -0.2) is 11.9 Å². The molecule has 0 saturated heterocycles. The summed E-state index contributed by atoms with van der Waals surface area (Å²) in [5, 5.41) is 4.60. The first-order chi connectivity index (χ1) is 10.4. The van der Waals surface area contributed by atoms with Crippen molar-refractivity contribution in [2.75, 3.05) is 5.32 Å². The molecule has 2 rings (SSSR count). The first kappa shape index (κ1) is 16.2. The van der Waals surface area contributed by atoms with E-state index in [0.717, 1.165) is 18.2 Å². The third kappa shape index (κ3) is 3.72. The van der Waals surface area contributed by atoms with E-state index in [9.17, 15) is 18.4 Å². The number of carbonyl (C=O) groups is 2. The van der Waals surface area contributed by atoms with E-state index >= 15 is 0 Å². The van der Waals surface area contributed by atoms with Gasteiger partial charge >= 0.3 is 6.03 Å². The number of hydrogen-bond donors (Lipinski definition) is 2. The van der Waals surface area contributed by atoms with Crippen molar-refractivity contribution in [2.45, 2.75) is 0 Å². The molecule has 0 aliphatic carbocycles. The number of halogens is 4. The zero-order valence-corrected chi connectivity index (χ0v) is 12.3. The summed E-state index contributed by atoms with van der Waals surface area (Å²) in [7, 11) is 0. The smallest absolute Gasteiger partial charge is 0.308 e. The molecule has 8 heteroatoms. The summed E-state index contributed by atoms with van der Waals surface area (Å²) >= 11 is 11.5. The molecule has 22 heavy (non-hydrogen) atoms. The fourth-order valence-electron chi connectivity index (χ4n) is 1.62. The van der Waals surface area contributed by atoms with Crippen molar-refractivity contribution >= 4 is 40.8 Å². The molecule has 114 valence electrons. The average Bonchev–Trinajstić information content (AvgIpc) is 2.42. The van der Waals surface area contributed by atoms with Crippen LogP contribution < -0.4 is 10.6 Å². The molecule has 4 nitrogen and oxygen atoms in total. The Balaban J connectivity index is 2.08. The summed E-state index contributed by atoms with van der Waals surface area (Å²) < 4.78 is 26.8. The zero-order valence-electron chi connectivity index (χ0n) is 10.8. The molecule has 0 saturated carbocycles. The highest BCUT2D eigenvalue weighted by molar-refractivity contribution is 6.42. The van der Waals surface area contributed by atoms with Crippen LogP contribution >= 0.6 is 23.2 Å². The molecule has 0 heterocycles. The van der Waals surface area contributed by atoms with Gasteiger partial charge in [-0.25, -0.2) is 13.6 Å². The fourth-order valence-corrected chi connectivity index (χ4v) is 1.91. The van der Waals surface area contributed by atoms with E-state index in [1.807, 2.05) is 5.32 Å². The molecule has 2 aromatic carbocycles. The molecule has 0 atom stereocenters. The van der Waals surface area contributed by atoms with Gasteiger partial charge in [0.25, 0.3) is 5.91 Å². The number of benzene rings is 2. The largest absolute Gasteiger partial charge is 0.326 e.